The summed E-state index contributed by atoms with van der Waals surface area (Å²) in [6, 6.07) is 16.5. The van der Waals surface area contributed by atoms with Crippen LogP contribution in [0.5, 0.6) is 0 Å². The first-order valence-electron chi connectivity index (χ1n) is 11.0. The third-order valence-electron chi connectivity index (χ3n) is 6.15. The summed E-state index contributed by atoms with van der Waals surface area (Å²) >= 11 is 0. The number of carbonyl (C=O) groups is 2. The molecule has 35 heavy (non-hydrogen) atoms. The van der Waals surface area contributed by atoms with Gasteiger partial charge < -0.3 is 11.1 Å². The molecule has 174 valence electrons. The van der Waals surface area contributed by atoms with E-state index in [9.17, 15) is 9.59 Å². The number of carbonyl (C=O) groups excluding carboxylic acids is 2. The van der Waals surface area contributed by atoms with E-state index in [1.165, 1.54) is 10.9 Å². The van der Waals surface area contributed by atoms with Crippen molar-refractivity contribution in [1.29, 1.82) is 10.8 Å². The standard InChI is InChI=1S/C25H22N8O2/c26-21(34)14-30-22(35)16-5-3-15(4-6-16)20-13-31-24(28)33(32-20)23(27)25(9-10-25)18-7-8-19-17(12-18)2-1-11-29-19/h1-8,11-13,27-28H,9-10,14H2,(H2,26,34)(H,30,35). The SMILES string of the molecule is N=C(n1nc(-c2ccc(C(=O)NCC(N)=O)cc2)cnc1=N)C1(c2ccc3ncccc3c2)CC1. The van der Waals surface area contributed by atoms with E-state index in [4.69, 9.17) is 16.6 Å². The highest BCUT2D eigenvalue weighted by Gasteiger charge is 2.50. The van der Waals surface area contributed by atoms with Gasteiger partial charge >= 0.3 is 0 Å². The maximum Gasteiger partial charge on any atom is 0.251 e. The van der Waals surface area contributed by atoms with Crippen LogP contribution in [0.25, 0.3) is 22.2 Å². The summed E-state index contributed by atoms with van der Waals surface area (Å²) < 4.78 is 1.27. The summed E-state index contributed by atoms with van der Waals surface area (Å²) in [5.41, 5.74) is 7.79. The average Bonchev–Trinajstić information content (AvgIpc) is 3.69. The van der Waals surface area contributed by atoms with E-state index in [1.54, 1.807) is 30.5 Å². The van der Waals surface area contributed by atoms with Gasteiger partial charge in [0.05, 0.1) is 23.7 Å². The van der Waals surface area contributed by atoms with Gasteiger partial charge in [0.1, 0.15) is 11.5 Å². The second-order valence-corrected chi connectivity index (χ2v) is 8.45. The van der Waals surface area contributed by atoms with Crippen molar-refractivity contribution in [2.45, 2.75) is 18.3 Å². The Morgan fingerprint density at radius 3 is 2.57 bits per heavy atom. The van der Waals surface area contributed by atoms with Crippen LogP contribution in [0.4, 0.5) is 0 Å². The van der Waals surface area contributed by atoms with Crippen molar-refractivity contribution >= 4 is 28.6 Å². The Labute approximate surface area is 199 Å². The topological polar surface area (TPSA) is 163 Å². The average molecular weight is 467 g/mol. The maximum atomic E-state index is 12.1. The largest absolute Gasteiger partial charge is 0.368 e. The number of hydrogen-bond acceptors (Lipinski definition) is 7. The van der Waals surface area contributed by atoms with E-state index < -0.39 is 17.2 Å². The second kappa shape index (κ2) is 8.56. The molecule has 1 fully saturated rings. The maximum absolute atomic E-state index is 12.1. The van der Waals surface area contributed by atoms with Crippen LogP contribution in [0.1, 0.15) is 28.8 Å². The van der Waals surface area contributed by atoms with Gasteiger partial charge in [0, 0.05) is 22.7 Å². The molecule has 0 bridgehead atoms. The number of nitrogens with two attached hydrogens (primary N) is 1. The molecule has 0 aliphatic heterocycles. The summed E-state index contributed by atoms with van der Waals surface area (Å²) in [5.74, 6) is -0.842. The third-order valence-corrected chi connectivity index (χ3v) is 6.15. The van der Waals surface area contributed by atoms with Crippen LogP contribution in [0, 0.1) is 10.8 Å². The molecule has 2 amide bonds. The monoisotopic (exact) mass is 466 g/mol. The molecule has 0 saturated heterocycles. The van der Waals surface area contributed by atoms with Crippen LogP contribution in [0.15, 0.2) is 67.0 Å². The number of pyridine rings is 1. The van der Waals surface area contributed by atoms with E-state index in [-0.39, 0.29) is 18.0 Å². The van der Waals surface area contributed by atoms with Crippen molar-refractivity contribution in [2.24, 2.45) is 5.73 Å². The van der Waals surface area contributed by atoms with E-state index in [0.29, 0.717) is 16.8 Å². The van der Waals surface area contributed by atoms with Gasteiger partial charge in [0.25, 0.3) is 5.91 Å². The molecule has 0 spiro atoms. The van der Waals surface area contributed by atoms with Gasteiger partial charge in [-0.05, 0) is 48.7 Å². The molecule has 0 atom stereocenters. The quantitative estimate of drug-likeness (QED) is 0.251. The lowest BCUT2D eigenvalue weighted by molar-refractivity contribution is -0.117. The first kappa shape index (κ1) is 22.1. The van der Waals surface area contributed by atoms with E-state index in [1.807, 2.05) is 30.3 Å². The smallest absolute Gasteiger partial charge is 0.251 e. The summed E-state index contributed by atoms with van der Waals surface area (Å²) in [7, 11) is 0. The fraction of sp³-hybridized carbons (Fsp3) is 0.160. The predicted molar refractivity (Wildman–Crippen MR) is 129 cm³/mol. The second-order valence-electron chi connectivity index (χ2n) is 8.45. The van der Waals surface area contributed by atoms with Crippen LogP contribution in [0.2, 0.25) is 0 Å². The number of aromatic nitrogens is 4. The van der Waals surface area contributed by atoms with Crippen LogP contribution in [0.3, 0.4) is 0 Å². The van der Waals surface area contributed by atoms with Crippen molar-refractivity contribution in [2.75, 3.05) is 6.54 Å². The van der Waals surface area contributed by atoms with E-state index >= 15 is 0 Å². The lowest BCUT2D eigenvalue weighted by Crippen LogP contribution is -2.38. The first-order chi connectivity index (χ1) is 16.9. The minimum atomic E-state index is -0.624. The lowest BCUT2D eigenvalue weighted by Gasteiger charge is -2.19. The molecule has 4 aromatic rings. The highest BCUT2D eigenvalue weighted by molar-refractivity contribution is 5.97. The Hall–Kier alpha value is -4.73. The molecule has 2 aromatic heterocycles. The first-order valence-corrected chi connectivity index (χ1v) is 11.0. The number of primary amides is 1. The molecule has 1 saturated carbocycles. The zero-order chi connectivity index (χ0) is 24.6. The van der Waals surface area contributed by atoms with E-state index in [0.717, 1.165) is 29.3 Å². The van der Waals surface area contributed by atoms with Crippen LogP contribution >= 0.6 is 0 Å². The normalized spacial score (nSPS) is 13.8. The van der Waals surface area contributed by atoms with Gasteiger partial charge in [-0.1, -0.05) is 24.3 Å². The molecule has 0 radical (unpaired) electrons. The summed E-state index contributed by atoms with van der Waals surface area (Å²) in [6.07, 6.45) is 4.78. The Kier molecular flexibility index (Phi) is 5.40. The Balaban J connectivity index is 1.43. The number of rotatable bonds is 6. The molecular weight excluding hydrogens is 444 g/mol. The van der Waals surface area contributed by atoms with Crippen LogP contribution in [-0.2, 0) is 10.2 Å². The molecule has 2 aromatic carbocycles. The van der Waals surface area contributed by atoms with E-state index in [2.05, 4.69) is 20.4 Å². The minimum absolute atomic E-state index is 0.130. The molecule has 1 aliphatic rings. The van der Waals surface area contributed by atoms with Gasteiger partial charge in [0.15, 0.2) is 0 Å². The number of nitrogens with zero attached hydrogens (tertiary/aromatic N) is 4. The van der Waals surface area contributed by atoms with Crippen molar-refractivity contribution in [3.8, 4) is 11.3 Å². The zero-order valence-electron chi connectivity index (χ0n) is 18.7. The van der Waals surface area contributed by atoms with Crippen LogP contribution in [-0.4, -0.2) is 43.9 Å². The Morgan fingerprint density at radius 2 is 1.86 bits per heavy atom. The molecule has 2 heterocycles. The molecule has 5 N–H and O–H groups in total. The highest BCUT2D eigenvalue weighted by Crippen LogP contribution is 2.49. The van der Waals surface area contributed by atoms with Gasteiger partial charge in [-0.25, -0.2) is 4.98 Å². The fourth-order valence-electron chi connectivity index (χ4n) is 4.07. The highest BCUT2D eigenvalue weighted by atomic mass is 16.2. The van der Waals surface area contributed by atoms with Gasteiger partial charge in [-0.2, -0.15) is 9.78 Å². The Bertz CT molecular complexity index is 1540. The number of benzene rings is 2. The molecule has 10 heteroatoms. The number of nitrogens with one attached hydrogen (secondary N) is 3. The summed E-state index contributed by atoms with van der Waals surface area (Å²) in [6.45, 7) is -0.241. The predicted octanol–water partition coefficient (Wildman–Crippen LogP) is 1.75. The summed E-state index contributed by atoms with van der Waals surface area (Å²) in [5, 5.41) is 25.2. The number of fused-ring (bicyclic) bond motifs is 1. The zero-order valence-corrected chi connectivity index (χ0v) is 18.7. The summed E-state index contributed by atoms with van der Waals surface area (Å²) in [4.78, 5) is 31.5. The number of hydrogen-bond donors (Lipinski definition) is 4. The molecule has 0 unspecified atom stereocenters. The van der Waals surface area contributed by atoms with Gasteiger partial charge in [-0.3, -0.25) is 25.4 Å². The van der Waals surface area contributed by atoms with Crippen LogP contribution < -0.4 is 16.7 Å². The van der Waals surface area contributed by atoms with Crippen molar-refractivity contribution < 1.29 is 9.59 Å². The van der Waals surface area contributed by atoms with Gasteiger partial charge in [-0.15, -0.1) is 0 Å². The minimum Gasteiger partial charge on any atom is -0.368 e. The molecular formula is C25H22N8O2. The molecule has 5 rings (SSSR count). The fourth-order valence-corrected chi connectivity index (χ4v) is 4.07. The van der Waals surface area contributed by atoms with Crippen molar-refractivity contribution in [3.05, 3.63) is 83.7 Å². The Morgan fingerprint density at radius 1 is 1.09 bits per heavy atom. The molecule has 1 aliphatic carbocycles. The lowest BCUT2D eigenvalue weighted by atomic mass is 9.93. The molecule has 10 nitrogen and oxygen atoms in total. The van der Waals surface area contributed by atoms with Crippen molar-refractivity contribution in [1.82, 2.24) is 25.1 Å². The third kappa shape index (κ3) is 4.17. The number of amides is 2. The van der Waals surface area contributed by atoms with Gasteiger partial charge in [0.2, 0.25) is 11.5 Å². The van der Waals surface area contributed by atoms with Crippen molar-refractivity contribution in [3.63, 3.8) is 0 Å².